The molecule has 1 N–H and O–H groups in total. The fraction of sp³-hybridized carbons (Fsp3) is 0.235. The van der Waals surface area contributed by atoms with Crippen LogP contribution in [0.25, 0.3) is 0 Å². The summed E-state index contributed by atoms with van der Waals surface area (Å²) in [5.41, 5.74) is 2.18. The standard InChI is InChI=1S/C17H18N2O3S/c1-4-22-16-8-7-15(9-13(16)3)19-23(20,21)17-10-14(11-18)6-5-12(17)2/h5-10,19H,4H2,1-3H3. The molecular weight excluding hydrogens is 312 g/mol. The Hall–Kier alpha value is -2.52. The van der Waals surface area contributed by atoms with Crippen LogP contribution < -0.4 is 9.46 Å². The number of nitrogens with one attached hydrogen (secondary N) is 1. The van der Waals surface area contributed by atoms with Crippen LogP contribution in [0.3, 0.4) is 0 Å². The van der Waals surface area contributed by atoms with Gasteiger partial charge in [-0.1, -0.05) is 6.07 Å². The Balaban J connectivity index is 2.35. The Morgan fingerprint density at radius 1 is 1.13 bits per heavy atom. The van der Waals surface area contributed by atoms with Crippen LogP contribution in [0.2, 0.25) is 0 Å². The zero-order valence-electron chi connectivity index (χ0n) is 13.3. The first kappa shape index (κ1) is 16.8. The summed E-state index contributed by atoms with van der Waals surface area (Å²) < 4.78 is 33.1. The van der Waals surface area contributed by atoms with E-state index in [0.29, 0.717) is 23.4 Å². The highest BCUT2D eigenvalue weighted by Gasteiger charge is 2.18. The fourth-order valence-electron chi connectivity index (χ4n) is 2.20. The van der Waals surface area contributed by atoms with Gasteiger partial charge in [0.25, 0.3) is 10.0 Å². The third-order valence-corrected chi connectivity index (χ3v) is 4.86. The average Bonchev–Trinajstić information content (AvgIpc) is 2.50. The molecule has 0 aromatic heterocycles. The summed E-state index contributed by atoms with van der Waals surface area (Å²) in [4.78, 5) is 0.100. The Morgan fingerprint density at radius 3 is 2.48 bits per heavy atom. The maximum absolute atomic E-state index is 12.6. The molecule has 0 radical (unpaired) electrons. The minimum Gasteiger partial charge on any atom is -0.494 e. The molecule has 0 heterocycles. The topological polar surface area (TPSA) is 79.2 Å². The quantitative estimate of drug-likeness (QED) is 0.911. The van der Waals surface area contributed by atoms with E-state index in [9.17, 15) is 8.42 Å². The third kappa shape index (κ3) is 3.82. The Morgan fingerprint density at radius 2 is 1.87 bits per heavy atom. The Bertz CT molecular complexity index is 868. The van der Waals surface area contributed by atoms with Crippen LogP contribution in [0, 0.1) is 25.2 Å². The van der Waals surface area contributed by atoms with E-state index >= 15 is 0 Å². The second-order valence-corrected chi connectivity index (χ2v) is 6.76. The van der Waals surface area contributed by atoms with Crippen LogP contribution in [-0.2, 0) is 10.0 Å². The molecule has 0 bridgehead atoms. The number of benzene rings is 2. The lowest BCUT2D eigenvalue weighted by atomic mass is 10.2. The van der Waals surface area contributed by atoms with Crippen molar-refractivity contribution in [2.24, 2.45) is 0 Å². The molecule has 2 aromatic carbocycles. The van der Waals surface area contributed by atoms with Crippen LogP contribution in [0.15, 0.2) is 41.3 Å². The molecule has 6 heteroatoms. The molecule has 2 rings (SSSR count). The largest absolute Gasteiger partial charge is 0.494 e. The minimum absolute atomic E-state index is 0.100. The van der Waals surface area contributed by atoms with E-state index in [1.54, 1.807) is 37.3 Å². The predicted molar refractivity (Wildman–Crippen MR) is 89.1 cm³/mol. The number of rotatable bonds is 5. The van der Waals surface area contributed by atoms with Gasteiger partial charge in [0, 0.05) is 5.69 Å². The van der Waals surface area contributed by atoms with Crippen LogP contribution in [0.4, 0.5) is 5.69 Å². The van der Waals surface area contributed by atoms with Crippen molar-refractivity contribution < 1.29 is 13.2 Å². The van der Waals surface area contributed by atoms with E-state index in [0.717, 1.165) is 11.3 Å². The second-order valence-electron chi connectivity index (χ2n) is 5.11. The van der Waals surface area contributed by atoms with Crippen molar-refractivity contribution in [1.82, 2.24) is 0 Å². The van der Waals surface area contributed by atoms with Crippen LogP contribution in [0.5, 0.6) is 5.75 Å². The van der Waals surface area contributed by atoms with Gasteiger partial charge in [-0.05, 0) is 62.2 Å². The van der Waals surface area contributed by atoms with E-state index in [1.165, 1.54) is 6.07 Å². The normalized spacial score (nSPS) is 10.9. The van der Waals surface area contributed by atoms with Crippen molar-refractivity contribution in [1.29, 1.82) is 5.26 Å². The lowest BCUT2D eigenvalue weighted by Crippen LogP contribution is -2.14. The molecule has 0 aliphatic heterocycles. The molecule has 0 saturated heterocycles. The molecule has 0 fully saturated rings. The predicted octanol–water partition coefficient (Wildman–Crippen LogP) is 3.37. The first-order valence-corrected chi connectivity index (χ1v) is 8.62. The highest BCUT2D eigenvalue weighted by atomic mass is 32.2. The third-order valence-electron chi connectivity index (χ3n) is 3.33. The molecule has 0 aliphatic carbocycles. The maximum atomic E-state index is 12.6. The summed E-state index contributed by atoms with van der Waals surface area (Å²) in [5.74, 6) is 0.720. The van der Waals surface area contributed by atoms with E-state index in [2.05, 4.69) is 4.72 Å². The molecule has 23 heavy (non-hydrogen) atoms. The Labute approximate surface area is 136 Å². The summed E-state index contributed by atoms with van der Waals surface area (Å²) >= 11 is 0. The van der Waals surface area contributed by atoms with Gasteiger partial charge in [-0.2, -0.15) is 5.26 Å². The fourth-order valence-corrected chi connectivity index (χ4v) is 3.52. The summed E-state index contributed by atoms with van der Waals surface area (Å²) in [6.07, 6.45) is 0. The van der Waals surface area contributed by atoms with Gasteiger partial charge in [0.2, 0.25) is 0 Å². The van der Waals surface area contributed by atoms with Gasteiger partial charge < -0.3 is 4.74 Å². The summed E-state index contributed by atoms with van der Waals surface area (Å²) in [6.45, 7) is 5.98. The molecular formula is C17H18N2O3S. The van der Waals surface area contributed by atoms with E-state index in [-0.39, 0.29) is 4.90 Å². The van der Waals surface area contributed by atoms with E-state index < -0.39 is 10.0 Å². The van der Waals surface area contributed by atoms with Crippen molar-refractivity contribution in [3.8, 4) is 11.8 Å². The van der Waals surface area contributed by atoms with Crippen molar-refractivity contribution in [3.05, 3.63) is 53.1 Å². The number of hydrogen-bond acceptors (Lipinski definition) is 4. The smallest absolute Gasteiger partial charge is 0.262 e. The van der Waals surface area contributed by atoms with Crippen molar-refractivity contribution in [3.63, 3.8) is 0 Å². The Kier molecular flexibility index (Phi) is 4.92. The van der Waals surface area contributed by atoms with Gasteiger partial charge in [-0.3, -0.25) is 4.72 Å². The van der Waals surface area contributed by atoms with Crippen LogP contribution >= 0.6 is 0 Å². The number of sulfonamides is 1. The minimum atomic E-state index is -3.76. The van der Waals surface area contributed by atoms with Gasteiger partial charge >= 0.3 is 0 Å². The van der Waals surface area contributed by atoms with Crippen molar-refractivity contribution in [2.75, 3.05) is 11.3 Å². The maximum Gasteiger partial charge on any atom is 0.262 e. The summed E-state index contributed by atoms with van der Waals surface area (Å²) in [5, 5.41) is 8.95. The molecule has 120 valence electrons. The van der Waals surface area contributed by atoms with E-state index in [1.807, 2.05) is 19.9 Å². The SMILES string of the molecule is CCOc1ccc(NS(=O)(=O)c2cc(C#N)ccc2C)cc1C. The van der Waals surface area contributed by atoms with E-state index in [4.69, 9.17) is 10.00 Å². The van der Waals surface area contributed by atoms with Gasteiger partial charge in [-0.15, -0.1) is 0 Å². The molecule has 0 unspecified atom stereocenters. The highest BCUT2D eigenvalue weighted by Crippen LogP contribution is 2.25. The molecule has 0 amide bonds. The molecule has 0 atom stereocenters. The van der Waals surface area contributed by atoms with Crippen LogP contribution in [0.1, 0.15) is 23.6 Å². The lowest BCUT2D eigenvalue weighted by Gasteiger charge is -2.13. The van der Waals surface area contributed by atoms with Gasteiger partial charge in [0.15, 0.2) is 0 Å². The van der Waals surface area contributed by atoms with Crippen molar-refractivity contribution >= 4 is 15.7 Å². The molecule has 0 spiro atoms. The van der Waals surface area contributed by atoms with Gasteiger partial charge in [-0.25, -0.2) is 8.42 Å². The molecule has 0 saturated carbocycles. The average molecular weight is 330 g/mol. The number of aryl methyl sites for hydroxylation is 2. The summed E-state index contributed by atoms with van der Waals surface area (Å²) in [7, 11) is -3.76. The van der Waals surface area contributed by atoms with Gasteiger partial charge in [0.1, 0.15) is 5.75 Å². The number of ether oxygens (including phenoxy) is 1. The highest BCUT2D eigenvalue weighted by molar-refractivity contribution is 7.92. The first-order valence-electron chi connectivity index (χ1n) is 7.14. The zero-order chi connectivity index (χ0) is 17.0. The lowest BCUT2D eigenvalue weighted by molar-refractivity contribution is 0.338. The monoisotopic (exact) mass is 330 g/mol. The zero-order valence-corrected chi connectivity index (χ0v) is 14.1. The van der Waals surface area contributed by atoms with Crippen molar-refractivity contribution in [2.45, 2.75) is 25.7 Å². The molecule has 5 nitrogen and oxygen atoms in total. The van der Waals surface area contributed by atoms with Gasteiger partial charge in [0.05, 0.1) is 23.1 Å². The number of nitriles is 1. The summed E-state index contributed by atoms with van der Waals surface area (Å²) in [6, 6.07) is 11.6. The first-order chi connectivity index (χ1) is 10.9. The number of anilines is 1. The molecule has 2 aromatic rings. The number of hydrogen-bond donors (Lipinski definition) is 1. The molecule has 0 aliphatic rings. The van der Waals surface area contributed by atoms with Crippen LogP contribution in [-0.4, -0.2) is 15.0 Å². The second kappa shape index (κ2) is 6.71. The number of nitrogens with zero attached hydrogens (tertiary/aromatic N) is 1.